The molecule has 0 aliphatic rings. The summed E-state index contributed by atoms with van der Waals surface area (Å²) in [5, 5.41) is 0. The Kier molecular flexibility index (Phi) is 6.05. The number of rotatable bonds is 6. The maximum atomic E-state index is 12.1. The first kappa shape index (κ1) is 14.4. The molecule has 0 spiro atoms. The number of benzene rings is 1. The normalized spacial score (nSPS) is 9.94. The minimum Gasteiger partial charge on any atom is -0.461 e. The quantitative estimate of drug-likeness (QED) is 0.715. The van der Waals surface area contributed by atoms with Gasteiger partial charge in [0.05, 0.1) is 0 Å². The third-order valence-electron chi connectivity index (χ3n) is 2.50. The van der Waals surface area contributed by atoms with Crippen LogP contribution in [0.1, 0.15) is 31.7 Å². The van der Waals surface area contributed by atoms with E-state index in [4.69, 9.17) is 4.74 Å². The third kappa shape index (κ3) is 5.57. The van der Waals surface area contributed by atoms with Gasteiger partial charge in [-0.1, -0.05) is 30.3 Å². The fraction of sp³-hybridized carbons (Fsp3) is 0.357. The van der Waals surface area contributed by atoms with Crippen molar-refractivity contribution >= 4 is 5.97 Å². The molecular weight excluding hydrogens is 238 g/mol. The van der Waals surface area contributed by atoms with E-state index in [9.17, 15) is 13.6 Å². The molecule has 0 fully saturated rings. The van der Waals surface area contributed by atoms with Gasteiger partial charge in [0.15, 0.2) is 0 Å². The zero-order valence-electron chi connectivity index (χ0n) is 10.3. The number of ether oxygens (including phenoxy) is 1. The van der Waals surface area contributed by atoms with Gasteiger partial charge in [0.1, 0.15) is 6.61 Å². The van der Waals surface area contributed by atoms with Gasteiger partial charge in [-0.3, -0.25) is 4.79 Å². The molecule has 0 amide bonds. The van der Waals surface area contributed by atoms with Crippen LogP contribution in [-0.4, -0.2) is 5.97 Å². The molecule has 2 nitrogen and oxygen atoms in total. The lowest BCUT2D eigenvalue weighted by Crippen LogP contribution is -2.04. The summed E-state index contributed by atoms with van der Waals surface area (Å²) < 4.78 is 29.2. The van der Waals surface area contributed by atoms with Crippen LogP contribution in [0.25, 0.3) is 0 Å². The van der Waals surface area contributed by atoms with Crippen LogP contribution in [0, 0.1) is 0 Å². The van der Waals surface area contributed by atoms with Gasteiger partial charge in [0, 0.05) is 6.42 Å². The van der Waals surface area contributed by atoms with Gasteiger partial charge < -0.3 is 4.74 Å². The summed E-state index contributed by atoms with van der Waals surface area (Å²) in [5.41, 5.74) is 0.947. The molecule has 1 aromatic carbocycles. The van der Waals surface area contributed by atoms with Gasteiger partial charge in [0.2, 0.25) is 0 Å². The van der Waals surface area contributed by atoms with Gasteiger partial charge in [0.25, 0.3) is 6.08 Å². The van der Waals surface area contributed by atoms with E-state index < -0.39 is 6.08 Å². The summed E-state index contributed by atoms with van der Waals surface area (Å²) in [5.74, 6) is -0.356. The lowest BCUT2D eigenvalue weighted by molar-refractivity contribution is -0.145. The van der Waals surface area contributed by atoms with Crippen LogP contribution in [0.3, 0.4) is 0 Å². The average Bonchev–Trinajstić information content (AvgIpc) is 2.37. The Labute approximate surface area is 105 Å². The zero-order valence-corrected chi connectivity index (χ0v) is 10.3. The standard InChI is InChI=1S/C14H16F2O2/c1-11(14(15)16)6-5-9-13(17)18-10-12-7-3-2-4-8-12/h2-4,7-8H,5-6,9-10H2,1H3. The van der Waals surface area contributed by atoms with E-state index in [1.165, 1.54) is 6.92 Å². The van der Waals surface area contributed by atoms with E-state index >= 15 is 0 Å². The van der Waals surface area contributed by atoms with Crippen LogP contribution in [0.4, 0.5) is 8.78 Å². The summed E-state index contributed by atoms with van der Waals surface area (Å²) in [7, 11) is 0. The Morgan fingerprint density at radius 2 is 1.83 bits per heavy atom. The molecule has 0 N–H and O–H groups in total. The fourth-order valence-corrected chi connectivity index (χ4v) is 1.40. The number of hydrogen-bond donors (Lipinski definition) is 0. The topological polar surface area (TPSA) is 26.3 Å². The lowest BCUT2D eigenvalue weighted by atomic mass is 10.1. The first-order valence-corrected chi connectivity index (χ1v) is 5.80. The van der Waals surface area contributed by atoms with Gasteiger partial charge in [-0.15, -0.1) is 0 Å². The van der Waals surface area contributed by atoms with Crippen molar-refractivity contribution in [3.8, 4) is 0 Å². The monoisotopic (exact) mass is 254 g/mol. The summed E-state index contributed by atoms with van der Waals surface area (Å²) in [6.07, 6.45) is -0.885. The fourth-order valence-electron chi connectivity index (χ4n) is 1.40. The molecule has 0 aliphatic heterocycles. The number of allylic oxidation sites excluding steroid dienone is 1. The van der Waals surface area contributed by atoms with Crippen molar-refractivity contribution in [3.05, 3.63) is 47.5 Å². The lowest BCUT2D eigenvalue weighted by Gasteiger charge is -2.04. The average molecular weight is 254 g/mol. The van der Waals surface area contributed by atoms with E-state index in [0.29, 0.717) is 6.42 Å². The highest BCUT2D eigenvalue weighted by atomic mass is 19.3. The maximum Gasteiger partial charge on any atom is 0.306 e. The number of esters is 1. The highest BCUT2D eigenvalue weighted by molar-refractivity contribution is 5.69. The maximum absolute atomic E-state index is 12.1. The number of hydrogen-bond acceptors (Lipinski definition) is 2. The first-order chi connectivity index (χ1) is 8.59. The molecule has 0 aliphatic carbocycles. The minimum absolute atomic E-state index is 0.0332. The first-order valence-electron chi connectivity index (χ1n) is 5.80. The Morgan fingerprint density at radius 1 is 1.17 bits per heavy atom. The van der Waals surface area contributed by atoms with Crippen molar-refractivity contribution < 1.29 is 18.3 Å². The van der Waals surface area contributed by atoms with Gasteiger partial charge >= 0.3 is 5.97 Å². The SMILES string of the molecule is CC(CCCC(=O)OCc1ccccc1)=C(F)F. The van der Waals surface area contributed by atoms with E-state index in [1.807, 2.05) is 30.3 Å². The van der Waals surface area contributed by atoms with Crippen LogP contribution in [0.5, 0.6) is 0 Å². The molecule has 0 unspecified atom stereocenters. The smallest absolute Gasteiger partial charge is 0.306 e. The Bertz CT molecular complexity index is 409. The molecule has 18 heavy (non-hydrogen) atoms. The second kappa shape index (κ2) is 7.58. The molecule has 0 radical (unpaired) electrons. The molecule has 0 heterocycles. The largest absolute Gasteiger partial charge is 0.461 e. The van der Waals surface area contributed by atoms with E-state index in [-0.39, 0.29) is 31.0 Å². The zero-order chi connectivity index (χ0) is 13.4. The molecule has 0 saturated carbocycles. The molecule has 0 aromatic heterocycles. The third-order valence-corrected chi connectivity index (χ3v) is 2.50. The Balaban J connectivity index is 2.21. The predicted molar refractivity (Wildman–Crippen MR) is 65.0 cm³/mol. The predicted octanol–water partition coefficient (Wildman–Crippen LogP) is 4.07. The number of carbonyl (C=O) groups excluding carboxylic acids is 1. The summed E-state index contributed by atoms with van der Waals surface area (Å²) in [6, 6.07) is 9.33. The summed E-state index contributed by atoms with van der Waals surface area (Å²) in [4.78, 5) is 11.3. The highest BCUT2D eigenvalue weighted by Gasteiger charge is 2.05. The highest BCUT2D eigenvalue weighted by Crippen LogP contribution is 2.14. The summed E-state index contributed by atoms with van der Waals surface area (Å²) >= 11 is 0. The minimum atomic E-state index is -1.66. The van der Waals surface area contributed by atoms with Crippen LogP contribution < -0.4 is 0 Å². The van der Waals surface area contributed by atoms with Crippen molar-refractivity contribution in [3.63, 3.8) is 0 Å². The van der Waals surface area contributed by atoms with Crippen molar-refractivity contribution in [2.45, 2.75) is 32.8 Å². The van der Waals surface area contributed by atoms with Gasteiger partial charge in [-0.05, 0) is 30.9 Å². The van der Waals surface area contributed by atoms with E-state index in [0.717, 1.165) is 5.56 Å². The van der Waals surface area contributed by atoms with E-state index in [1.54, 1.807) is 0 Å². The second-order valence-electron chi connectivity index (χ2n) is 4.04. The van der Waals surface area contributed by atoms with Crippen molar-refractivity contribution in [2.75, 3.05) is 0 Å². The van der Waals surface area contributed by atoms with Crippen molar-refractivity contribution in [1.82, 2.24) is 0 Å². The molecule has 1 rings (SSSR count). The van der Waals surface area contributed by atoms with Crippen molar-refractivity contribution in [1.29, 1.82) is 0 Å². The van der Waals surface area contributed by atoms with Crippen LogP contribution in [0.15, 0.2) is 42.0 Å². The number of carbonyl (C=O) groups is 1. The molecular formula is C14H16F2O2. The van der Waals surface area contributed by atoms with Crippen LogP contribution in [0.2, 0.25) is 0 Å². The molecule has 0 saturated heterocycles. The van der Waals surface area contributed by atoms with Crippen molar-refractivity contribution in [2.24, 2.45) is 0 Å². The van der Waals surface area contributed by atoms with Gasteiger partial charge in [-0.25, -0.2) is 0 Å². The molecule has 0 atom stereocenters. The van der Waals surface area contributed by atoms with Crippen LogP contribution in [-0.2, 0) is 16.1 Å². The second-order valence-corrected chi connectivity index (χ2v) is 4.04. The summed E-state index contributed by atoms with van der Waals surface area (Å²) in [6.45, 7) is 1.59. The van der Waals surface area contributed by atoms with E-state index in [2.05, 4.69) is 0 Å². The Hall–Kier alpha value is -1.71. The number of halogens is 2. The molecule has 98 valence electrons. The molecule has 0 bridgehead atoms. The molecule has 1 aromatic rings. The van der Waals surface area contributed by atoms with Crippen LogP contribution >= 0.6 is 0 Å². The Morgan fingerprint density at radius 3 is 2.44 bits per heavy atom. The molecule has 4 heteroatoms. The van der Waals surface area contributed by atoms with Gasteiger partial charge in [-0.2, -0.15) is 8.78 Å².